The summed E-state index contributed by atoms with van der Waals surface area (Å²) in [4.78, 5) is 29.6. The summed E-state index contributed by atoms with van der Waals surface area (Å²) in [6.45, 7) is 3.66. The van der Waals surface area contributed by atoms with Crippen LogP contribution in [-0.2, 0) is 32.6 Å². The van der Waals surface area contributed by atoms with E-state index in [-0.39, 0.29) is 29.5 Å². The quantitative estimate of drug-likeness (QED) is 0.157. The maximum absolute atomic E-state index is 14.4. The van der Waals surface area contributed by atoms with Gasteiger partial charge in [0.1, 0.15) is 18.4 Å². The SMILES string of the molecule is CCCCNC(=O)[C@@H](Cc1ccccc1)N(Cc1cccc(Cl)c1)C(=O)CN(c1ccc(F)cc1)S(=O)(=O)c1ccc(C)cc1. The molecule has 0 fully saturated rings. The molecule has 0 unspecified atom stereocenters. The predicted octanol–water partition coefficient (Wildman–Crippen LogP) is 6.54. The lowest BCUT2D eigenvalue weighted by Crippen LogP contribution is -2.53. The van der Waals surface area contributed by atoms with Gasteiger partial charge in [0, 0.05) is 24.5 Å². The first-order valence-corrected chi connectivity index (χ1v) is 16.6. The Balaban J connectivity index is 1.78. The predicted molar refractivity (Wildman–Crippen MR) is 176 cm³/mol. The molecule has 236 valence electrons. The number of aryl methyl sites for hydroxylation is 1. The number of hydrogen-bond donors (Lipinski definition) is 1. The van der Waals surface area contributed by atoms with Gasteiger partial charge >= 0.3 is 0 Å². The van der Waals surface area contributed by atoms with Crippen LogP contribution in [0.5, 0.6) is 0 Å². The molecule has 1 atom stereocenters. The molecular formula is C35H37ClFN3O4S. The van der Waals surface area contributed by atoms with E-state index in [1.54, 1.807) is 36.4 Å². The van der Waals surface area contributed by atoms with E-state index in [1.165, 1.54) is 29.2 Å². The number of nitrogens with one attached hydrogen (secondary N) is 1. The summed E-state index contributed by atoms with van der Waals surface area (Å²) >= 11 is 6.28. The lowest BCUT2D eigenvalue weighted by molar-refractivity contribution is -0.140. The molecule has 0 aliphatic rings. The molecule has 0 aromatic heterocycles. The molecule has 7 nitrogen and oxygen atoms in total. The number of halogens is 2. The summed E-state index contributed by atoms with van der Waals surface area (Å²) < 4.78 is 42.9. The van der Waals surface area contributed by atoms with Gasteiger partial charge in [0.05, 0.1) is 10.6 Å². The third kappa shape index (κ3) is 9.15. The van der Waals surface area contributed by atoms with Gasteiger partial charge in [-0.2, -0.15) is 0 Å². The molecule has 1 N–H and O–H groups in total. The molecular weight excluding hydrogens is 613 g/mol. The van der Waals surface area contributed by atoms with E-state index in [4.69, 9.17) is 11.6 Å². The summed E-state index contributed by atoms with van der Waals surface area (Å²) in [6, 6.07) is 26.5. The lowest BCUT2D eigenvalue weighted by Gasteiger charge is -2.34. The van der Waals surface area contributed by atoms with Crippen LogP contribution >= 0.6 is 11.6 Å². The second-order valence-electron chi connectivity index (χ2n) is 10.8. The van der Waals surface area contributed by atoms with E-state index in [0.717, 1.165) is 40.4 Å². The first-order valence-electron chi connectivity index (χ1n) is 14.8. The Morgan fingerprint density at radius 3 is 2.20 bits per heavy atom. The zero-order valence-electron chi connectivity index (χ0n) is 25.3. The Morgan fingerprint density at radius 1 is 0.889 bits per heavy atom. The summed E-state index contributed by atoms with van der Waals surface area (Å²) in [5, 5.41) is 3.42. The third-order valence-electron chi connectivity index (χ3n) is 7.35. The van der Waals surface area contributed by atoms with Gasteiger partial charge in [0.15, 0.2) is 0 Å². The lowest BCUT2D eigenvalue weighted by atomic mass is 10.0. The number of anilines is 1. The number of unbranched alkanes of at least 4 members (excludes halogenated alkanes) is 1. The number of carbonyl (C=O) groups excluding carboxylic acids is 2. The Bertz CT molecular complexity index is 1680. The van der Waals surface area contributed by atoms with E-state index >= 15 is 0 Å². The van der Waals surface area contributed by atoms with E-state index in [1.807, 2.05) is 44.2 Å². The van der Waals surface area contributed by atoms with Gasteiger partial charge in [-0.25, -0.2) is 12.8 Å². The second-order valence-corrected chi connectivity index (χ2v) is 13.1. The molecule has 0 heterocycles. The Kier molecular flexibility index (Phi) is 11.7. The number of nitrogens with zero attached hydrogens (tertiary/aromatic N) is 2. The average molecular weight is 650 g/mol. The van der Waals surface area contributed by atoms with Crippen LogP contribution in [0.15, 0.2) is 108 Å². The molecule has 0 bridgehead atoms. The minimum atomic E-state index is -4.27. The highest BCUT2D eigenvalue weighted by molar-refractivity contribution is 7.92. The van der Waals surface area contributed by atoms with Crippen molar-refractivity contribution in [2.75, 3.05) is 17.4 Å². The summed E-state index contributed by atoms with van der Waals surface area (Å²) in [5.74, 6) is -1.51. The summed E-state index contributed by atoms with van der Waals surface area (Å²) in [7, 11) is -4.27. The maximum atomic E-state index is 14.4. The van der Waals surface area contributed by atoms with Crippen LogP contribution < -0.4 is 9.62 Å². The molecule has 2 amide bonds. The van der Waals surface area contributed by atoms with E-state index in [0.29, 0.717) is 17.1 Å². The van der Waals surface area contributed by atoms with Crippen LogP contribution in [0.25, 0.3) is 0 Å². The normalized spacial score (nSPS) is 11.9. The van der Waals surface area contributed by atoms with Crippen molar-refractivity contribution in [2.24, 2.45) is 0 Å². The van der Waals surface area contributed by atoms with Crippen molar-refractivity contribution in [3.8, 4) is 0 Å². The standard InChI is InChI=1S/C35H37ClFN3O4S/c1-3-4-21-38-35(42)33(23-27-9-6-5-7-10-27)39(24-28-11-8-12-29(36)22-28)34(41)25-40(31-17-15-30(37)16-18-31)45(43,44)32-19-13-26(2)14-20-32/h5-20,22,33H,3-4,21,23-25H2,1-2H3,(H,38,42)/t33-/m1/s1. The number of sulfonamides is 1. The molecule has 0 aliphatic carbocycles. The van der Waals surface area contributed by atoms with E-state index in [2.05, 4.69) is 5.32 Å². The highest BCUT2D eigenvalue weighted by Crippen LogP contribution is 2.26. The van der Waals surface area contributed by atoms with Gasteiger partial charge in [-0.15, -0.1) is 0 Å². The maximum Gasteiger partial charge on any atom is 0.264 e. The van der Waals surface area contributed by atoms with Gasteiger partial charge in [-0.1, -0.05) is 85.1 Å². The Hall–Kier alpha value is -4.21. The number of benzene rings is 4. The first-order chi connectivity index (χ1) is 21.6. The van der Waals surface area contributed by atoms with Crippen molar-refractivity contribution in [2.45, 2.75) is 50.6 Å². The average Bonchev–Trinajstić information content (AvgIpc) is 3.02. The highest BCUT2D eigenvalue weighted by Gasteiger charge is 2.34. The van der Waals surface area contributed by atoms with Crippen molar-refractivity contribution in [1.29, 1.82) is 0 Å². The van der Waals surface area contributed by atoms with E-state index in [9.17, 15) is 22.4 Å². The van der Waals surface area contributed by atoms with Gasteiger partial charge in [-0.05, 0) is 73.0 Å². The first kappa shape index (κ1) is 33.7. The number of hydrogen-bond acceptors (Lipinski definition) is 4. The zero-order chi connectivity index (χ0) is 32.4. The highest BCUT2D eigenvalue weighted by atomic mass is 35.5. The van der Waals surface area contributed by atoms with Crippen LogP contribution in [0.4, 0.5) is 10.1 Å². The van der Waals surface area contributed by atoms with Crippen LogP contribution in [-0.4, -0.2) is 44.3 Å². The Labute approximate surface area is 269 Å². The molecule has 0 spiro atoms. The topological polar surface area (TPSA) is 86.8 Å². The largest absolute Gasteiger partial charge is 0.354 e. The fourth-order valence-electron chi connectivity index (χ4n) is 4.87. The van der Waals surface area contributed by atoms with Crippen molar-refractivity contribution in [3.63, 3.8) is 0 Å². The minimum absolute atomic E-state index is 0.0000709. The molecule has 0 radical (unpaired) electrons. The monoisotopic (exact) mass is 649 g/mol. The van der Waals surface area contributed by atoms with Gasteiger partial charge in [0.2, 0.25) is 11.8 Å². The molecule has 45 heavy (non-hydrogen) atoms. The van der Waals surface area contributed by atoms with Crippen LogP contribution in [0.1, 0.15) is 36.5 Å². The molecule has 0 aliphatic heterocycles. The van der Waals surface area contributed by atoms with Gasteiger partial charge in [-0.3, -0.25) is 13.9 Å². The number of rotatable bonds is 14. The van der Waals surface area contributed by atoms with Crippen LogP contribution in [0.2, 0.25) is 5.02 Å². The Morgan fingerprint density at radius 2 is 1.56 bits per heavy atom. The van der Waals surface area contributed by atoms with Crippen molar-refractivity contribution in [3.05, 3.63) is 131 Å². The molecule has 0 saturated carbocycles. The third-order valence-corrected chi connectivity index (χ3v) is 9.37. The number of amides is 2. The van der Waals surface area contributed by atoms with Crippen molar-refractivity contribution < 1.29 is 22.4 Å². The molecule has 4 aromatic rings. The van der Waals surface area contributed by atoms with Crippen LogP contribution in [0, 0.1) is 12.7 Å². The smallest absolute Gasteiger partial charge is 0.264 e. The molecule has 0 saturated heterocycles. The minimum Gasteiger partial charge on any atom is -0.354 e. The zero-order valence-corrected chi connectivity index (χ0v) is 26.9. The fourth-order valence-corrected chi connectivity index (χ4v) is 6.49. The molecule has 10 heteroatoms. The summed E-state index contributed by atoms with van der Waals surface area (Å²) in [5.41, 5.74) is 2.48. The molecule has 4 rings (SSSR count). The van der Waals surface area contributed by atoms with Crippen molar-refractivity contribution >= 4 is 39.1 Å². The fraction of sp³-hybridized carbons (Fsp3) is 0.257. The van der Waals surface area contributed by atoms with E-state index < -0.39 is 34.3 Å². The summed E-state index contributed by atoms with van der Waals surface area (Å²) in [6.07, 6.45) is 1.84. The van der Waals surface area contributed by atoms with Gasteiger partial charge in [0.25, 0.3) is 10.0 Å². The van der Waals surface area contributed by atoms with Crippen LogP contribution in [0.3, 0.4) is 0 Å². The molecule has 4 aromatic carbocycles. The number of carbonyl (C=O) groups is 2. The van der Waals surface area contributed by atoms with Crippen molar-refractivity contribution in [1.82, 2.24) is 10.2 Å². The van der Waals surface area contributed by atoms with Gasteiger partial charge < -0.3 is 10.2 Å². The second kappa shape index (κ2) is 15.7.